The molecule has 0 aliphatic carbocycles. The van der Waals surface area contributed by atoms with Crippen molar-refractivity contribution in [2.75, 3.05) is 6.54 Å². The number of halogens is 1. The number of hydrogen-bond acceptors (Lipinski definition) is 3. The van der Waals surface area contributed by atoms with Crippen LogP contribution in [0.15, 0.2) is 17.1 Å². The van der Waals surface area contributed by atoms with E-state index in [2.05, 4.69) is 16.3 Å². The van der Waals surface area contributed by atoms with Gasteiger partial charge in [0.1, 0.15) is 6.54 Å². The predicted molar refractivity (Wildman–Crippen MR) is 63.1 cm³/mol. The van der Waals surface area contributed by atoms with E-state index in [9.17, 15) is 9.59 Å². The normalized spacial score (nSPS) is 9.33. The van der Waals surface area contributed by atoms with Crippen molar-refractivity contribution in [1.82, 2.24) is 15.1 Å². The average molecular weight is 317 g/mol. The fourth-order valence-corrected chi connectivity index (χ4v) is 1.26. The molecule has 1 N–H and O–H groups in total. The molecular weight excluding hydrogens is 309 g/mol. The molecular formula is C9H8IN3O2. The molecule has 0 radical (unpaired) electrons. The average Bonchev–Trinajstić information content (AvgIpc) is 2.19. The van der Waals surface area contributed by atoms with Crippen LogP contribution in [0.5, 0.6) is 0 Å². The number of aromatic nitrogens is 2. The Morgan fingerprint density at radius 2 is 2.47 bits per heavy atom. The van der Waals surface area contributed by atoms with Gasteiger partial charge < -0.3 is 5.32 Å². The molecule has 0 saturated carbocycles. The molecule has 0 unspecified atom stereocenters. The van der Waals surface area contributed by atoms with Crippen LogP contribution in [0.4, 0.5) is 0 Å². The summed E-state index contributed by atoms with van der Waals surface area (Å²) in [7, 11) is 0. The highest BCUT2D eigenvalue weighted by Gasteiger charge is 2.04. The van der Waals surface area contributed by atoms with Gasteiger partial charge in [0.2, 0.25) is 5.91 Å². The summed E-state index contributed by atoms with van der Waals surface area (Å²) >= 11 is 1.98. The van der Waals surface area contributed by atoms with E-state index in [1.165, 1.54) is 12.3 Å². The van der Waals surface area contributed by atoms with E-state index in [-0.39, 0.29) is 24.6 Å². The van der Waals surface area contributed by atoms with E-state index < -0.39 is 0 Å². The standard InChI is InChI=1S/C9H8IN3O2/c1-2-3-11-8(14)6-13-9(15)4-7(10)5-12-13/h1,4-5H,3,6H2,(H,11,14). The molecule has 0 atom stereocenters. The zero-order chi connectivity index (χ0) is 11.3. The highest BCUT2D eigenvalue weighted by Crippen LogP contribution is 1.95. The lowest BCUT2D eigenvalue weighted by atomic mass is 10.5. The first-order valence-electron chi connectivity index (χ1n) is 4.06. The number of terminal acetylenes is 1. The largest absolute Gasteiger partial charge is 0.344 e. The molecule has 0 aliphatic rings. The van der Waals surface area contributed by atoms with Gasteiger partial charge in [-0.05, 0) is 22.6 Å². The van der Waals surface area contributed by atoms with Crippen molar-refractivity contribution in [1.29, 1.82) is 0 Å². The SMILES string of the molecule is C#CCNC(=O)Cn1ncc(I)cc1=O. The number of nitrogens with one attached hydrogen (secondary N) is 1. The van der Waals surface area contributed by atoms with Crippen LogP contribution in [0.25, 0.3) is 0 Å². The first-order chi connectivity index (χ1) is 7.13. The van der Waals surface area contributed by atoms with Crippen LogP contribution < -0.4 is 10.9 Å². The molecule has 0 bridgehead atoms. The number of amides is 1. The number of carbonyl (C=O) groups excluding carboxylic acids is 1. The Morgan fingerprint density at radius 3 is 3.07 bits per heavy atom. The van der Waals surface area contributed by atoms with Crippen LogP contribution in [-0.4, -0.2) is 22.2 Å². The van der Waals surface area contributed by atoms with Crippen LogP contribution in [-0.2, 0) is 11.3 Å². The fourth-order valence-electron chi connectivity index (χ4n) is 0.872. The van der Waals surface area contributed by atoms with Crippen molar-refractivity contribution in [2.24, 2.45) is 0 Å². The van der Waals surface area contributed by atoms with Crippen molar-refractivity contribution in [3.8, 4) is 12.3 Å². The predicted octanol–water partition coefficient (Wildman–Crippen LogP) is -0.403. The summed E-state index contributed by atoms with van der Waals surface area (Å²) in [6, 6.07) is 1.40. The third kappa shape index (κ3) is 3.71. The summed E-state index contributed by atoms with van der Waals surface area (Å²) in [5, 5.41) is 6.26. The lowest BCUT2D eigenvalue weighted by Gasteiger charge is -2.03. The molecule has 0 aliphatic heterocycles. The van der Waals surface area contributed by atoms with Crippen molar-refractivity contribution >= 4 is 28.5 Å². The molecule has 1 aromatic rings. The Labute approximate surface area is 100 Å². The van der Waals surface area contributed by atoms with Crippen LogP contribution in [0.2, 0.25) is 0 Å². The minimum Gasteiger partial charge on any atom is -0.344 e. The fraction of sp³-hybridized carbons (Fsp3) is 0.222. The lowest BCUT2D eigenvalue weighted by Crippen LogP contribution is -2.33. The Hall–Kier alpha value is -1.36. The van der Waals surface area contributed by atoms with Gasteiger partial charge in [-0.1, -0.05) is 5.92 Å². The summed E-state index contributed by atoms with van der Waals surface area (Å²) in [4.78, 5) is 22.5. The Bertz CT molecular complexity index is 461. The van der Waals surface area contributed by atoms with Crippen molar-refractivity contribution in [3.05, 3.63) is 26.2 Å². The molecule has 0 aromatic carbocycles. The van der Waals surface area contributed by atoms with Gasteiger partial charge in [0, 0.05) is 9.64 Å². The third-order valence-electron chi connectivity index (χ3n) is 1.52. The zero-order valence-electron chi connectivity index (χ0n) is 7.74. The van der Waals surface area contributed by atoms with E-state index in [4.69, 9.17) is 6.42 Å². The second kappa shape index (κ2) is 5.50. The molecule has 78 valence electrons. The number of carbonyl (C=O) groups is 1. The van der Waals surface area contributed by atoms with E-state index in [1.807, 2.05) is 22.6 Å². The molecule has 1 amide bonds. The van der Waals surface area contributed by atoms with Gasteiger partial charge in [-0.15, -0.1) is 6.42 Å². The van der Waals surface area contributed by atoms with E-state index >= 15 is 0 Å². The molecule has 0 spiro atoms. The minimum absolute atomic E-state index is 0.114. The molecule has 15 heavy (non-hydrogen) atoms. The molecule has 1 aromatic heterocycles. The summed E-state index contributed by atoms with van der Waals surface area (Å²) in [6.45, 7) is 0.0371. The Kier molecular flexibility index (Phi) is 4.30. The molecule has 1 rings (SSSR count). The molecule has 1 heterocycles. The first kappa shape index (κ1) is 11.7. The van der Waals surface area contributed by atoms with Crippen LogP contribution >= 0.6 is 22.6 Å². The minimum atomic E-state index is -0.330. The van der Waals surface area contributed by atoms with E-state index in [1.54, 1.807) is 0 Å². The second-order valence-corrected chi connectivity index (χ2v) is 3.90. The number of hydrogen-bond donors (Lipinski definition) is 1. The third-order valence-corrected chi connectivity index (χ3v) is 2.11. The van der Waals surface area contributed by atoms with Crippen LogP contribution in [0, 0.1) is 15.9 Å². The number of rotatable bonds is 3. The lowest BCUT2D eigenvalue weighted by molar-refractivity contribution is -0.121. The molecule has 5 nitrogen and oxygen atoms in total. The maximum atomic E-state index is 11.3. The molecule has 0 saturated heterocycles. The quantitative estimate of drug-likeness (QED) is 0.609. The maximum absolute atomic E-state index is 11.3. The zero-order valence-corrected chi connectivity index (χ0v) is 9.89. The van der Waals surface area contributed by atoms with Crippen LogP contribution in [0.3, 0.4) is 0 Å². The van der Waals surface area contributed by atoms with Gasteiger partial charge in [0.25, 0.3) is 5.56 Å². The van der Waals surface area contributed by atoms with Gasteiger partial charge in [-0.3, -0.25) is 9.59 Å². The smallest absolute Gasteiger partial charge is 0.268 e. The maximum Gasteiger partial charge on any atom is 0.268 e. The molecule has 0 fully saturated rings. The van der Waals surface area contributed by atoms with Crippen LogP contribution in [0.1, 0.15) is 0 Å². The highest BCUT2D eigenvalue weighted by atomic mass is 127. The topological polar surface area (TPSA) is 64.0 Å². The van der Waals surface area contributed by atoms with Gasteiger partial charge >= 0.3 is 0 Å². The molecule has 6 heteroatoms. The second-order valence-electron chi connectivity index (χ2n) is 2.65. The van der Waals surface area contributed by atoms with Crippen molar-refractivity contribution in [3.63, 3.8) is 0 Å². The summed E-state index contributed by atoms with van der Waals surface area (Å²) < 4.78 is 1.81. The Morgan fingerprint density at radius 1 is 1.73 bits per heavy atom. The van der Waals surface area contributed by atoms with Crippen molar-refractivity contribution < 1.29 is 4.79 Å². The summed E-state index contributed by atoms with van der Waals surface area (Å²) in [5.74, 6) is 1.94. The van der Waals surface area contributed by atoms with Gasteiger partial charge in [-0.25, -0.2) is 4.68 Å². The van der Waals surface area contributed by atoms with Gasteiger partial charge in [0.15, 0.2) is 0 Å². The van der Waals surface area contributed by atoms with E-state index in [0.717, 1.165) is 8.25 Å². The summed E-state index contributed by atoms with van der Waals surface area (Å²) in [6.07, 6.45) is 6.48. The highest BCUT2D eigenvalue weighted by molar-refractivity contribution is 14.1. The summed E-state index contributed by atoms with van der Waals surface area (Å²) in [5.41, 5.74) is -0.308. The Balaban J connectivity index is 2.70. The first-order valence-corrected chi connectivity index (χ1v) is 5.14. The monoisotopic (exact) mass is 317 g/mol. The van der Waals surface area contributed by atoms with Gasteiger partial charge in [-0.2, -0.15) is 5.10 Å². The van der Waals surface area contributed by atoms with E-state index in [0.29, 0.717) is 0 Å². The number of nitrogens with zero attached hydrogens (tertiary/aromatic N) is 2. The van der Waals surface area contributed by atoms with Gasteiger partial charge in [0.05, 0.1) is 12.7 Å². The van der Waals surface area contributed by atoms with Crippen molar-refractivity contribution in [2.45, 2.75) is 6.54 Å².